The van der Waals surface area contributed by atoms with Crippen LogP contribution in [0.15, 0.2) is 83.0 Å². The first-order chi connectivity index (χ1) is 22.0. The van der Waals surface area contributed by atoms with Crippen LogP contribution in [0.1, 0.15) is 44.2 Å². The molecule has 3 aromatic carbocycles. The molecule has 0 spiro atoms. The van der Waals surface area contributed by atoms with Gasteiger partial charge in [0.2, 0.25) is 0 Å². The fourth-order valence-electron chi connectivity index (χ4n) is 4.94. The normalized spacial score (nSPS) is 15.0. The third-order valence-electron chi connectivity index (χ3n) is 7.11. The fraction of sp³-hybridized carbons (Fsp3) is 0.303. The second kappa shape index (κ2) is 14.2. The summed E-state index contributed by atoms with van der Waals surface area (Å²) in [4.78, 5) is 28.0. The molecular formula is C33H33F3N6O3S. The molecule has 1 aromatic heterocycles. The summed E-state index contributed by atoms with van der Waals surface area (Å²) in [7, 11) is 1.65. The van der Waals surface area contributed by atoms with Gasteiger partial charge >= 0.3 is 12.4 Å². The van der Waals surface area contributed by atoms with Gasteiger partial charge in [-0.05, 0) is 72.9 Å². The summed E-state index contributed by atoms with van der Waals surface area (Å²) in [6, 6.07) is 18.3. The number of amidine groups is 1. The highest BCUT2D eigenvalue weighted by atomic mass is 32.2. The number of urea groups is 1. The Bertz CT molecular complexity index is 1730. The average Bonchev–Trinajstić information content (AvgIpc) is 3.51. The van der Waals surface area contributed by atoms with Crippen molar-refractivity contribution in [1.82, 2.24) is 14.8 Å². The smallest absolute Gasteiger partial charge is 0.497 e. The number of halogens is 3. The molecule has 5 rings (SSSR count). The van der Waals surface area contributed by atoms with Gasteiger partial charge in [-0.3, -0.25) is 0 Å². The number of alkyl halides is 3. The summed E-state index contributed by atoms with van der Waals surface area (Å²) < 4.78 is 48.1. The van der Waals surface area contributed by atoms with Crippen LogP contribution in [0.3, 0.4) is 0 Å². The molecule has 9 nitrogen and oxygen atoms in total. The zero-order valence-electron chi connectivity index (χ0n) is 25.8. The van der Waals surface area contributed by atoms with Crippen LogP contribution in [-0.4, -0.2) is 57.4 Å². The van der Waals surface area contributed by atoms with E-state index in [-0.39, 0.29) is 11.7 Å². The monoisotopic (exact) mass is 650 g/mol. The minimum atomic E-state index is -4.76. The van der Waals surface area contributed by atoms with Crippen LogP contribution in [-0.2, 0) is 6.42 Å². The standard InChI is InChI=1S/C33H33F3N6O3S/c1-21(2)28-19-27(44-4)14-15-29(28)41-16-5-17-46-32(41)39-31(43)38-22(3)18-23-6-8-24(9-7-23)30-37-20-42(40-30)25-10-12-26(13-11-25)45-33(34,35)36/h6-15,19-21H,5,16-18H2,1-4H3. The Morgan fingerprint density at radius 3 is 2.43 bits per heavy atom. The molecule has 2 amide bonds. The van der Waals surface area contributed by atoms with Crippen molar-refractivity contribution in [1.29, 1.82) is 0 Å². The number of benzene rings is 3. The summed E-state index contributed by atoms with van der Waals surface area (Å²) in [5, 5.41) is 5.08. The highest BCUT2D eigenvalue weighted by Gasteiger charge is 2.31. The van der Waals surface area contributed by atoms with Crippen LogP contribution in [0, 0.1) is 0 Å². The van der Waals surface area contributed by atoms with Gasteiger partial charge in [0, 0.05) is 35.7 Å². The lowest BCUT2D eigenvalue weighted by atomic mass is 10.00. The van der Waals surface area contributed by atoms with E-state index in [1.807, 2.05) is 42.5 Å². The summed E-state index contributed by atoms with van der Waals surface area (Å²) in [5.74, 6) is 2.06. The molecule has 0 N–H and O–H groups in total. The topological polar surface area (TPSA) is 94.2 Å². The average molecular weight is 651 g/mol. The Morgan fingerprint density at radius 2 is 1.76 bits per heavy atom. The maximum Gasteiger partial charge on any atom is 0.573 e. The number of carbonyl (C=O) groups is 1. The molecule has 0 unspecified atom stereocenters. The number of aromatic nitrogens is 3. The van der Waals surface area contributed by atoms with Crippen molar-refractivity contribution in [3.8, 4) is 28.6 Å². The number of thioether (sulfide) groups is 1. The fourth-order valence-corrected chi connectivity index (χ4v) is 5.88. The molecule has 240 valence electrons. The maximum absolute atomic E-state index is 12.9. The number of amides is 2. The van der Waals surface area contributed by atoms with E-state index in [0.717, 1.165) is 46.8 Å². The second-order valence-corrected chi connectivity index (χ2v) is 11.9. The molecule has 13 heteroatoms. The number of nitrogens with zero attached hydrogens (tertiary/aromatic N) is 6. The van der Waals surface area contributed by atoms with E-state index in [1.165, 1.54) is 35.3 Å². The molecule has 46 heavy (non-hydrogen) atoms. The molecule has 0 bridgehead atoms. The Morgan fingerprint density at radius 1 is 1.04 bits per heavy atom. The predicted octanol–water partition coefficient (Wildman–Crippen LogP) is 8.09. The lowest BCUT2D eigenvalue weighted by Gasteiger charge is -2.32. The molecule has 1 saturated heterocycles. The zero-order chi connectivity index (χ0) is 32.8. The molecule has 1 aliphatic heterocycles. The molecule has 0 saturated carbocycles. The lowest BCUT2D eigenvalue weighted by molar-refractivity contribution is -0.274. The molecule has 0 atom stereocenters. The van der Waals surface area contributed by atoms with Gasteiger partial charge in [-0.2, -0.15) is 4.99 Å². The van der Waals surface area contributed by atoms with Crippen LogP contribution in [0.4, 0.5) is 23.7 Å². The molecule has 2 heterocycles. The molecule has 4 aromatic rings. The SMILES string of the molecule is COc1ccc(N2CCCSC2=NC(=O)N=C(C)Cc2ccc(-c3ncn(-c4ccc(OC(F)(F)F)cc4)n3)cc2)c(C(C)C)c1. The Labute approximate surface area is 269 Å². The molecule has 1 fully saturated rings. The molecule has 1 aliphatic rings. The van der Waals surface area contributed by atoms with Crippen LogP contribution in [0.2, 0.25) is 0 Å². The van der Waals surface area contributed by atoms with E-state index in [0.29, 0.717) is 28.8 Å². The van der Waals surface area contributed by atoms with E-state index in [4.69, 9.17) is 4.74 Å². The largest absolute Gasteiger partial charge is 0.573 e. The number of hydrogen-bond donors (Lipinski definition) is 0. The van der Waals surface area contributed by atoms with Gasteiger partial charge in [0.05, 0.1) is 12.8 Å². The number of ether oxygens (including phenoxy) is 2. The highest BCUT2D eigenvalue weighted by molar-refractivity contribution is 8.14. The number of aliphatic imine (C=N–C) groups is 2. The predicted molar refractivity (Wildman–Crippen MR) is 175 cm³/mol. The number of hydrogen-bond acceptors (Lipinski definition) is 6. The number of rotatable bonds is 8. The Hall–Kier alpha value is -4.65. The molecular weight excluding hydrogens is 617 g/mol. The van der Waals surface area contributed by atoms with Crippen molar-refractivity contribution in [2.45, 2.75) is 45.9 Å². The van der Waals surface area contributed by atoms with Gasteiger partial charge in [-0.25, -0.2) is 19.5 Å². The van der Waals surface area contributed by atoms with E-state index in [2.05, 4.69) is 43.6 Å². The van der Waals surface area contributed by atoms with Gasteiger partial charge < -0.3 is 14.4 Å². The summed E-state index contributed by atoms with van der Waals surface area (Å²) in [5.41, 5.74) is 5.00. The summed E-state index contributed by atoms with van der Waals surface area (Å²) >= 11 is 1.55. The maximum atomic E-state index is 12.9. The van der Waals surface area contributed by atoms with Gasteiger partial charge in [-0.15, -0.1) is 18.3 Å². The van der Waals surface area contributed by atoms with Crippen molar-refractivity contribution in [3.63, 3.8) is 0 Å². The molecule has 0 aliphatic carbocycles. The van der Waals surface area contributed by atoms with Gasteiger partial charge in [0.1, 0.15) is 17.8 Å². The summed E-state index contributed by atoms with van der Waals surface area (Å²) in [6.07, 6.45) is -1.84. The van der Waals surface area contributed by atoms with Gasteiger partial charge in [0.15, 0.2) is 11.0 Å². The minimum Gasteiger partial charge on any atom is -0.497 e. The zero-order valence-corrected chi connectivity index (χ0v) is 26.6. The van der Waals surface area contributed by atoms with Crippen LogP contribution in [0.5, 0.6) is 11.5 Å². The lowest BCUT2D eigenvalue weighted by Crippen LogP contribution is -2.35. The van der Waals surface area contributed by atoms with E-state index in [1.54, 1.807) is 25.8 Å². The van der Waals surface area contributed by atoms with E-state index in [9.17, 15) is 18.0 Å². The second-order valence-electron chi connectivity index (χ2n) is 10.9. The number of anilines is 1. The first-order valence-corrected chi connectivity index (χ1v) is 15.6. The highest BCUT2D eigenvalue weighted by Crippen LogP contribution is 2.35. The van der Waals surface area contributed by atoms with Crippen molar-refractivity contribution in [3.05, 3.63) is 84.2 Å². The first kappa shape index (κ1) is 32.7. The van der Waals surface area contributed by atoms with Crippen LogP contribution in [0.25, 0.3) is 17.1 Å². The van der Waals surface area contributed by atoms with Crippen molar-refractivity contribution >= 4 is 34.4 Å². The summed E-state index contributed by atoms with van der Waals surface area (Å²) in [6.45, 7) is 6.82. The van der Waals surface area contributed by atoms with Crippen LogP contribution < -0.4 is 14.4 Å². The van der Waals surface area contributed by atoms with Crippen molar-refractivity contribution < 1.29 is 27.4 Å². The number of carbonyl (C=O) groups excluding carboxylic acids is 1. The Kier molecular flexibility index (Phi) is 10.1. The van der Waals surface area contributed by atoms with E-state index < -0.39 is 12.4 Å². The quantitative estimate of drug-likeness (QED) is 0.178. The van der Waals surface area contributed by atoms with Crippen molar-refractivity contribution in [2.75, 3.05) is 24.3 Å². The van der Waals surface area contributed by atoms with Gasteiger partial charge in [-0.1, -0.05) is 49.9 Å². The van der Waals surface area contributed by atoms with Crippen LogP contribution >= 0.6 is 11.8 Å². The first-order valence-electron chi connectivity index (χ1n) is 14.6. The third kappa shape index (κ3) is 8.33. The Balaban J connectivity index is 1.24. The van der Waals surface area contributed by atoms with Crippen molar-refractivity contribution in [2.24, 2.45) is 9.98 Å². The minimum absolute atomic E-state index is 0.259. The molecule has 0 radical (unpaired) electrons. The van der Waals surface area contributed by atoms with E-state index >= 15 is 0 Å². The third-order valence-corrected chi connectivity index (χ3v) is 8.17. The van der Waals surface area contributed by atoms with Gasteiger partial charge in [0.25, 0.3) is 0 Å². The number of methoxy groups -OCH3 is 1.